The normalized spacial score (nSPS) is 11.4. The zero-order valence-electron chi connectivity index (χ0n) is 31.7. The van der Waals surface area contributed by atoms with Crippen molar-refractivity contribution in [3.8, 4) is 67.0 Å². The SMILES string of the molecule is c1ccc(-c2cnc(-c3ccc4c(-c5ccc(-c6ccc7ccccc7c6)cc5)c5ccccc5c(-c5ccc(-c6ccc7ccccc7c6)cc5)c4c3)nc2)cc1. The third-order valence-corrected chi connectivity index (χ3v) is 11.6. The molecule has 0 bridgehead atoms. The molecule has 2 nitrogen and oxygen atoms in total. The van der Waals surface area contributed by atoms with Gasteiger partial charge in [-0.1, -0.05) is 188 Å². The van der Waals surface area contributed by atoms with Gasteiger partial charge in [0.05, 0.1) is 0 Å². The zero-order chi connectivity index (χ0) is 38.4. The van der Waals surface area contributed by atoms with E-state index in [1.165, 1.54) is 87.6 Å². The highest BCUT2D eigenvalue weighted by Gasteiger charge is 2.18. The fraction of sp³-hybridized carbons (Fsp3) is 0. The largest absolute Gasteiger partial charge is 0.236 e. The van der Waals surface area contributed by atoms with Crippen LogP contribution in [0.2, 0.25) is 0 Å². The molecule has 0 spiro atoms. The Labute approximate surface area is 337 Å². The molecule has 0 aliphatic carbocycles. The van der Waals surface area contributed by atoms with Gasteiger partial charge in [0, 0.05) is 23.5 Å². The Bertz CT molecular complexity index is 3290. The Morgan fingerprint density at radius 3 is 1.17 bits per heavy atom. The van der Waals surface area contributed by atoms with Crippen LogP contribution in [0.1, 0.15) is 0 Å². The number of hydrogen-bond acceptors (Lipinski definition) is 2. The molecular weight excluding hydrogens is 701 g/mol. The maximum absolute atomic E-state index is 4.89. The maximum Gasteiger partial charge on any atom is 0.159 e. The summed E-state index contributed by atoms with van der Waals surface area (Å²) in [5.74, 6) is 0.702. The fourth-order valence-corrected chi connectivity index (χ4v) is 8.59. The van der Waals surface area contributed by atoms with Gasteiger partial charge in [0.2, 0.25) is 0 Å². The lowest BCUT2D eigenvalue weighted by Gasteiger charge is -2.19. The second-order valence-corrected chi connectivity index (χ2v) is 15.0. The van der Waals surface area contributed by atoms with E-state index in [0.717, 1.165) is 16.7 Å². The summed E-state index contributed by atoms with van der Waals surface area (Å²) in [6, 6.07) is 74.6. The Kier molecular flexibility index (Phi) is 8.19. The van der Waals surface area contributed by atoms with Gasteiger partial charge < -0.3 is 0 Å². The zero-order valence-corrected chi connectivity index (χ0v) is 31.7. The minimum atomic E-state index is 0.702. The molecular formula is C56H36N2. The van der Waals surface area contributed by atoms with Crippen LogP contribution in [0.15, 0.2) is 219 Å². The van der Waals surface area contributed by atoms with Crippen molar-refractivity contribution in [3.05, 3.63) is 219 Å². The first-order chi connectivity index (χ1) is 28.7. The van der Waals surface area contributed by atoms with E-state index in [1.807, 2.05) is 30.6 Å². The Morgan fingerprint density at radius 2 is 0.621 bits per heavy atom. The van der Waals surface area contributed by atoms with Crippen LogP contribution in [0.25, 0.3) is 110 Å². The Hall–Kier alpha value is -7.68. The van der Waals surface area contributed by atoms with Gasteiger partial charge in [-0.15, -0.1) is 0 Å². The third kappa shape index (κ3) is 6.00. The predicted molar refractivity (Wildman–Crippen MR) is 245 cm³/mol. The van der Waals surface area contributed by atoms with Gasteiger partial charge in [0.15, 0.2) is 5.82 Å². The number of hydrogen-bond donors (Lipinski definition) is 0. The van der Waals surface area contributed by atoms with E-state index in [1.54, 1.807) is 0 Å². The van der Waals surface area contributed by atoms with Crippen LogP contribution < -0.4 is 0 Å². The average molecular weight is 737 g/mol. The van der Waals surface area contributed by atoms with Gasteiger partial charge in [-0.25, -0.2) is 9.97 Å². The molecule has 0 N–H and O–H groups in total. The second-order valence-electron chi connectivity index (χ2n) is 15.0. The highest BCUT2D eigenvalue weighted by atomic mass is 14.9. The van der Waals surface area contributed by atoms with E-state index in [-0.39, 0.29) is 0 Å². The minimum Gasteiger partial charge on any atom is -0.236 e. The first-order valence-corrected chi connectivity index (χ1v) is 19.8. The van der Waals surface area contributed by atoms with Crippen LogP contribution in [0.5, 0.6) is 0 Å². The van der Waals surface area contributed by atoms with Crippen LogP contribution in [0, 0.1) is 0 Å². The quantitative estimate of drug-likeness (QED) is 0.159. The summed E-state index contributed by atoms with van der Waals surface area (Å²) in [6.07, 6.45) is 3.86. The van der Waals surface area contributed by atoms with E-state index < -0.39 is 0 Å². The van der Waals surface area contributed by atoms with Crippen LogP contribution in [0.4, 0.5) is 0 Å². The molecule has 0 fully saturated rings. The molecule has 270 valence electrons. The van der Waals surface area contributed by atoms with Crippen LogP contribution in [-0.4, -0.2) is 9.97 Å². The second kappa shape index (κ2) is 14.1. The van der Waals surface area contributed by atoms with E-state index in [0.29, 0.717) is 5.82 Å². The van der Waals surface area contributed by atoms with Gasteiger partial charge in [0.25, 0.3) is 0 Å². The first-order valence-electron chi connectivity index (χ1n) is 19.8. The molecule has 10 aromatic carbocycles. The third-order valence-electron chi connectivity index (χ3n) is 11.6. The van der Waals surface area contributed by atoms with Crippen molar-refractivity contribution in [1.82, 2.24) is 9.97 Å². The Balaban J connectivity index is 1.08. The molecule has 0 saturated heterocycles. The molecule has 2 heteroatoms. The van der Waals surface area contributed by atoms with Crippen molar-refractivity contribution >= 4 is 43.1 Å². The van der Waals surface area contributed by atoms with Crippen molar-refractivity contribution in [2.45, 2.75) is 0 Å². The summed E-state index contributed by atoms with van der Waals surface area (Å²) in [4.78, 5) is 9.78. The molecule has 0 aliphatic heterocycles. The van der Waals surface area contributed by atoms with E-state index in [4.69, 9.17) is 9.97 Å². The lowest BCUT2D eigenvalue weighted by molar-refractivity contribution is 1.18. The number of fused-ring (bicyclic) bond motifs is 4. The number of rotatable bonds is 6. The number of benzene rings is 10. The van der Waals surface area contributed by atoms with Gasteiger partial charge in [-0.2, -0.15) is 0 Å². The monoisotopic (exact) mass is 736 g/mol. The average Bonchev–Trinajstić information content (AvgIpc) is 3.31. The number of nitrogens with zero attached hydrogens (tertiary/aromatic N) is 2. The van der Waals surface area contributed by atoms with Gasteiger partial charge in [0.1, 0.15) is 0 Å². The van der Waals surface area contributed by atoms with Gasteiger partial charge >= 0.3 is 0 Å². The van der Waals surface area contributed by atoms with E-state index in [9.17, 15) is 0 Å². The molecule has 0 atom stereocenters. The lowest BCUT2D eigenvalue weighted by atomic mass is 9.84. The summed E-state index contributed by atoms with van der Waals surface area (Å²) >= 11 is 0. The summed E-state index contributed by atoms with van der Waals surface area (Å²) < 4.78 is 0. The van der Waals surface area contributed by atoms with Crippen molar-refractivity contribution in [3.63, 3.8) is 0 Å². The minimum absolute atomic E-state index is 0.702. The molecule has 1 heterocycles. The molecule has 11 rings (SSSR count). The highest BCUT2D eigenvalue weighted by molar-refractivity contribution is 6.22. The highest BCUT2D eigenvalue weighted by Crippen LogP contribution is 2.45. The van der Waals surface area contributed by atoms with Crippen LogP contribution in [-0.2, 0) is 0 Å². The molecule has 0 aliphatic rings. The summed E-state index contributed by atoms with van der Waals surface area (Å²) in [5.41, 5.74) is 12.7. The fourth-order valence-electron chi connectivity index (χ4n) is 8.59. The predicted octanol–water partition coefficient (Wildman–Crippen LogP) is 15.1. The smallest absolute Gasteiger partial charge is 0.159 e. The van der Waals surface area contributed by atoms with Crippen molar-refractivity contribution in [2.24, 2.45) is 0 Å². The molecule has 0 saturated carbocycles. The first kappa shape index (κ1) is 33.6. The van der Waals surface area contributed by atoms with E-state index >= 15 is 0 Å². The molecule has 0 amide bonds. The van der Waals surface area contributed by atoms with Crippen LogP contribution in [0.3, 0.4) is 0 Å². The summed E-state index contributed by atoms with van der Waals surface area (Å²) in [7, 11) is 0. The van der Waals surface area contributed by atoms with Crippen molar-refractivity contribution in [1.29, 1.82) is 0 Å². The maximum atomic E-state index is 4.89. The molecule has 1 aromatic heterocycles. The lowest BCUT2D eigenvalue weighted by Crippen LogP contribution is -1.94. The van der Waals surface area contributed by atoms with E-state index in [2.05, 4.69) is 188 Å². The summed E-state index contributed by atoms with van der Waals surface area (Å²) in [6.45, 7) is 0. The van der Waals surface area contributed by atoms with Crippen LogP contribution >= 0.6 is 0 Å². The van der Waals surface area contributed by atoms with Crippen molar-refractivity contribution < 1.29 is 0 Å². The standard InChI is InChI=1S/C56H36N2/c1-2-10-37(11-3-1)49-35-57-56(58-36-49)48-30-31-52-53(34-48)55(43-26-20-41(21-27-43)47-29-23-39-13-5-7-15-45(39)33-47)51-17-9-8-16-50(51)54(52)42-24-18-40(19-25-42)46-28-22-38-12-4-6-14-44(38)32-46/h1-36H. The molecule has 0 unspecified atom stereocenters. The van der Waals surface area contributed by atoms with Crippen molar-refractivity contribution in [2.75, 3.05) is 0 Å². The Morgan fingerprint density at radius 1 is 0.224 bits per heavy atom. The molecule has 0 radical (unpaired) electrons. The number of aromatic nitrogens is 2. The summed E-state index contributed by atoms with van der Waals surface area (Å²) in [5, 5.41) is 9.78. The molecule has 11 aromatic rings. The molecule has 58 heavy (non-hydrogen) atoms. The topological polar surface area (TPSA) is 25.8 Å². The van der Waals surface area contributed by atoms with Gasteiger partial charge in [-0.3, -0.25) is 0 Å². The van der Waals surface area contributed by atoms with Gasteiger partial charge in [-0.05, 0) is 111 Å².